The van der Waals surface area contributed by atoms with Gasteiger partial charge in [-0.15, -0.1) is 0 Å². The zero-order chi connectivity index (χ0) is 19.1. The van der Waals surface area contributed by atoms with E-state index in [-0.39, 0.29) is 27.7 Å². The molecule has 0 aromatic heterocycles. The normalized spacial score (nSPS) is 10.6. The maximum atomic E-state index is 12.3. The van der Waals surface area contributed by atoms with Crippen molar-refractivity contribution in [3.63, 3.8) is 0 Å². The molecule has 2 rings (SSSR count). The number of halogens is 1. The van der Waals surface area contributed by atoms with E-state index < -0.39 is 11.9 Å². The van der Waals surface area contributed by atoms with Crippen molar-refractivity contribution < 1.29 is 19.1 Å². The van der Waals surface area contributed by atoms with Crippen molar-refractivity contribution in [2.45, 2.75) is 0 Å². The van der Waals surface area contributed by atoms with E-state index in [0.29, 0.717) is 5.56 Å². The smallest absolute Gasteiger partial charge is 0.345 e. The fourth-order valence-electron chi connectivity index (χ4n) is 2.09. The van der Waals surface area contributed by atoms with Crippen molar-refractivity contribution in [3.8, 4) is 17.6 Å². The number of methoxy groups -OCH3 is 1. The lowest BCUT2D eigenvalue weighted by atomic mass is 10.1. The van der Waals surface area contributed by atoms with Gasteiger partial charge in [-0.05, 0) is 35.9 Å². The average molecular weight is 371 g/mol. The number of carbonyl (C=O) groups excluding carboxylic acids is 2. The van der Waals surface area contributed by atoms with Crippen molar-refractivity contribution in [2.75, 3.05) is 14.2 Å². The van der Waals surface area contributed by atoms with Crippen LogP contribution in [0.25, 0.3) is 6.08 Å². The molecule has 0 heterocycles. The molecule has 0 aliphatic rings. The Morgan fingerprint density at radius 1 is 1.19 bits per heavy atom. The standard InChI is InChI=1S/C19H15ClN2O4/c1-22-18(23)13(11-21)9-12-7-8-16(17(10-12)25-2)26-19(24)14-5-3-4-6-15(14)20/h3-10H,1-2H3,(H,22,23)/b13-9+. The summed E-state index contributed by atoms with van der Waals surface area (Å²) < 4.78 is 10.6. The molecule has 1 amide bonds. The van der Waals surface area contributed by atoms with E-state index >= 15 is 0 Å². The largest absolute Gasteiger partial charge is 0.493 e. The number of hydrogen-bond acceptors (Lipinski definition) is 5. The van der Waals surface area contributed by atoms with Crippen molar-refractivity contribution in [1.82, 2.24) is 5.32 Å². The van der Waals surface area contributed by atoms with Gasteiger partial charge >= 0.3 is 5.97 Å². The fraction of sp³-hybridized carbons (Fsp3) is 0.105. The molecule has 0 atom stereocenters. The van der Waals surface area contributed by atoms with E-state index in [0.717, 1.165) is 0 Å². The van der Waals surface area contributed by atoms with Crippen LogP contribution in [0.3, 0.4) is 0 Å². The molecule has 132 valence electrons. The van der Waals surface area contributed by atoms with E-state index in [4.69, 9.17) is 26.3 Å². The first-order chi connectivity index (χ1) is 12.5. The fourth-order valence-corrected chi connectivity index (χ4v) is 2.30. The van der Waals surface area contributed by atoms with Crippen molar-refractivity contribution in [1.29, 1.82) is 5.26 Å². The summed E-state index contributed by atoms with van der Waals surface area (Å²) in [5.74, 6) is -0.665. The monoisotopic (exact) mass is 370 g/mol. The number of carbonyl (C=O) groups is 2. The van der Waals surface area contributed by atoms with Gasteiger partial charge in [0.15, 0.2) is 11.5 Å². The molecule has 0 aliphatic carbocycles. The highest BCUT2D eigenvalue weighted by Crippen LogP contribution is 2.30. The summed E-state index contributed by atoms with van der Waals surface area (Å²) in [6.07, 6.45) is 1.40. The lowest BCUT2D eigenvalue weighted by molar-refractivity contribution is -0.116. The highest BCUT2D eigenvalue weighted by Gasteiger charge is 2.15. The molecule has 0 fully saturated rings. The third kappa shape index (κ3) is 4.41. The van der Waals surface area contributed by atoms with Crippen LogP contribution in [0, 0.1) is 11.3 Å². The molecule has 0 aliphatic heterocycles. The van der Waals surface area contributed by atoms with Crippen LogP contribution >= 0.6 is 11.6 Å². The number of hydrogen-bond donors (Lipinski definition) is 1. The van der Waals surface area contributed by atoms with Crippen LogP contribution in [0.4, 0.5) is 0 Å². The Bertz CT molecular complexity index is 916. The summed E-state index contributed by atoms with van der Waals surface area (Å²) in [7, 11) is 2.85. The molecular formula is C19H15ClN2O4. The number of nitrogens with one attached hydrogen (secondary N) is 1. The Morgan fingerprint density at radius 3 is 2.54 bits per heavy atom. The molecule has 2 aromatic rings. The molecule has 26 heavy (non-hydrogen) atoms. The van der Waals surface area contributed by atoms with E-state index in [2.05, 4.69) is 5.32 Å². The van der Waals surface area contributed by atoms with Gasteiger partial charge in [-0.2, -0.15) is 5.26 Å². The van der Waals surface area contributed by atoms with Gasteiger partial charge < -0.3 is 14.8 Å². The summed E-state index contributed by atoms with van der Waals surface area (Å²) in [6.45, 7) is 0. The number of likely N-dealkylation sites (N-methyl/N-ethyl adjacent to an activating group) is 1. The van der Waals surface area contributed by atoms with Crippen LogP contribution in [0.1, 0.15) is 15.9 Å². The molecule has 0 saturated heterocycles. The Kier molecular flexibility index (Phi) is 6.36. The number of amides is 1. The quantitative estimate of drug-likeness (QED) is 0.378. The highest BCUT2D eigenvalue weighted by atomic mass is 35.5. The van der Waals surface area contributed by atoms with Crippen LogP contribution in [-0.4, -0.2) is 26.0 Å². The number of rotatable bonds is 5. The Balaban J connectivity index is 2.31. The third-order valence-corrected chi connectivity index (χ3v) is 3.72. The number of benzene rings is 2. The molecule has 0 saturated carbocycles. The second-order valence-corrected chi connectivity index (χ2v) is 5.44. The topological polar surface area (TPSA) is 88.4 Å². The Morgan fingerprint density at radius 2 is 1.92 bits per heavy atom. The van der Waals surface area contributed by atoms with Crippen molar-refractivity contribution in [2.24, 2.45) is 0 Å². The minimum atomic E-state index is -0.625. The van der Waals surface area contributed by atoms with Crippen LogP contribution in [0.15, 0.2) is 48.0 Å². The molecule has 0 spiro atoms. The van der Waals surface area contributed by atoms with Crippen LogP contribution in [-0.2, 0) is 4.79 Å². The average Bonchev–Trinajstić information content (AvgIpc) is 2.66. The maximum absolute atomic E-state index is 12.3. The third-order valence-electron chi connectivity index (χ3n) is 3.39. The SMILES string of the molecule is CNC(=O)/C(C#N)=C/c1ccc(OC(=O)c2ccccc2Cl)c(OC)c1. The van der Waals surface area contributed by atoms with Gasteiger partial charge in [0.25, 0.3) is 5.91 Å². The highest BCUT2D eigenvalue weighted by molar-refractivity contribution is 6.33. The molecule has 2 aromatic carbocycles. The van der Waals surface area contributed by atoms with Gasteiger partial charge in [0.05, 0.1) is 17.7 Å². The molecule has 1 N–H and O–H groups in total. The minimum Gasteiger partial charge on any atom is -0.493 e. The second kappa shape index (κ2) is 8.70. The first-order valence-electron chi connectivity index (χ1n) is 7.48. The van der Waals surface area contributed by atoms with Gasteiger partial charge in [-0.1, -0.05) is 29.8 Å². The van der Waals surface area contributed by atoms with Crippen LogP contribution in [0.2, 0.25) is 5.02 Å². The van der Waals surface area contributed by atoms with E-state index in [1.54, 1.807) is 36.4 Å². The van der Waals surface area contributed by atoms with E-state index in [1.165, 1.54) is 26.3 Å². The number of nitrogens with zero attached hydrogens (tertiary/aromatic N) is 1. The molecule has 0 unspecified atom stereocenters. The Labute approximate surface area is 155 Å². The molecule has 7 heteroatoms. The van der Waals surface area contributed by atoms with E-state index in [9.17, 15) is 9.59 Å². The lowest BCUT2D eigenvalue weighted by Gasteiger charge is -2.10. The summed E-state index contributed by atoms with van der Waals surface area (Å²) in [6, 6.07) is 13.0. The second-order valence-electron chi connectivity index (χ2n) is 5.03. The Hall–Kier alpha value is -3.30. The van der Waals surface area contributed by atoms with Crippen molar-refractivity contribution >= 4 is 29.6 Å². The lowest BCUT2D eigenvalue weighted by Crippen LogP contribution is -2.19. The zero-order valence-electron chi connectivity index (χ0n) is 14.1. The van der Waals surface area contributed by atoms with Gasteiger partial charge in [-0.25, -0.2) is 4.79 Å². The maximum Gasteiger partial charge on any atom is 0.345 e. The first kappa shape index (κ1) is 19.0. The summed E-state index contributed by atoms with van der Waals surface area (Å²) in [5, 5.41) is 11.7. The van der Waals surface area contributed by atoms with Crippen LogP contribution < -0.4 is 14.8 Å². The van der Waals surface area contributed by atoms with Crippen molar-refractivity contribution in [3.05, 3.63) is 64.2 Å². The number of nitriles is 1. The first-order valence-corrected chi connectivity index (χ1v) is 7.86. The molecule has 6 nitrogen and oxygen atoms in total. The van der Waals surface area contributed by atoms with Gasteiger partial charge in [0.1, 0.15) is 11.6 Å². The number of ether oxygens (including phenoxy) is 2. The predicted molar refractivity (Wildman–Crippen MR) is 97.1 cm³/mol. The summed E-state index contributed by atoms with van der Waals surface area (Å²) in [5.41, 5.74) is 0.710. The van der Waals surface area contributed by atoms with Gasteiger partial charge in [0, 0.05) is 7.05 Å². The van der Waals surface area contributed by atoms with E-state index in [1.807, 2.05) is 6.07 Å². The predicted octanol–water partition coefficient (Wildman–Crippen LogP) is 3.22. The van der Waals surface area contributed by atoms with Gasteiger partial charge in [0.2, 0.25) is 0 Å². The minimum absolute atomic E-state index is 0.0598. The molecular weight excluding hydrogens is 356 g/mol. The molecule has 0 radical (unpaired) electrons. The zero-order valence-corrected chi connectivity index (χ0v) is 14.8. The number of esters is 1. The van der Waals surface area contributed by atoms with Crippen LogP contribution in [0.5, 0.6) is 11.5 Å². The molecule has 0 bridgehead atoms. The summed E-state index contributed by atoms with van der Waals surface area (Å²) in [4.78, 5) is 23.9. The summed E-state index contributed by atoms with van der Waals surface area (Å²) >= 11 is 5.99. The van der Waals surface area contributed by atoms with Gasteiger partial charge in [-0.3, -0.25) is 4.79 Å².